The number of nitrogens with zero attached hydrogens (tertiary/aromatic N) is 4. The fraction of sp³-hybridized carbons (Fsp3) is 0.455. The van der Waals surface area contributed by atoms with E-state index in [1.54, 1.807) is 21.3 Å². The molecule has 0 bridgehead atoms. The molecule has 2 aromatic rings. The molecule has 156 valence electrons. The van der Waals surface area contributed by atoms with Crippen LogP contribution in [0.1, 0.15) is 24.0 Å². The molecule has 0 aliphatic carbocycles. The quantitative estimate of drug-likeness (QED) is 0.573. The van der Waals surface area contributed by atoms with Crippen LogP contribution in [0.5, 0.6) is 11.5 Å². The number of hydrogen-bond donors (Lipinski definition) is 1. The first-order chi connectivity index (χ1) is 14.1. The molecule has 1 aliphatic heterocycles. The standard InChI is InChI=1S/C22H31N5O2/c1-23-22(26(2)16-18-7-8-19(28-3)14-20(18)29-4)25-15-17-9-10-24-21(13-17)27-11-5-6-12-27/h7-10,13-14H,5-6,11-12,15-16H2,1-4H3,(H,23,25). The van der Waals surface area contributed by atoms with E-state index in [1.165, 1.54) is 18.4 Å². The third kappa shape index (κ3) is 5.31. The van der Waals surface area contributed by atoms with Gasteiger partial charge in [-0.15, -0.1) is 0 Å². The molecule has 7 heteroatoms. The number of ether oxygens (including phenoxy) is 2. The number of methoxy groups -OCH3 is 2. The topological polar surface area (TPSA) is 62.2 Å². The Kier molecular flexibility index (Phi) is 7.16. The minimum atomic E-state index is 0.669. The maximum absolute atomic E-state index is 5.51. The van der Waals surface area contributed by atoms with E-state index in [-0.39, 0.29) is 0 Å². The lowest BCUT2D eigenvalue weighted by atomic mass is 10.2. The van der Waals surface area contributed by atoms with Gasteiger partial charge in [0.1, 0.15) is 17.3 Å². The van der Waals surface area contributed by atoms with Gasteiger partial charge in [0.15, 0.2) is 5.96 Å². The second-order valence-electron chi connectivity index (χ2n) is 7.15. The van der Waals surface area contributed by atoms with Gasteiger partial charge in [0, 0.05) is 58.1 Å². The van der Waals surface area contributed by atoms with Crippen molar-refractivity contribution in [1.82, 2.24) is 15.2 Å². The minimum Gasteiger partial charge on any atom is -0.497 e. The molecule has 7 nitrogen and oxygen atoms in total. The van der Waals surface area contributed by atoms with Crippen molar-refractivity contribution >= 4 is 11.8 Å². The molecule has 3 rings (SSSR count). The van der Waals surface area contributed by atoms with Crippen molar-refractivity contribution in [2.45, 2.75) is 25.9 Å². The van der Waals surface area contributed by atoms with Gasteiger partial charge >= 0.3 is 0 Å². The Bertz CT molecular complexity index is 834. The molecular weight excluding hydrogens is 366 g/mol. The van der Waals surface area contributed by atoms with Crippen LogP contribution >= 0.6 is 0 Å². The third-order valence-corrected chi connectivity index (χ3v) is 5.17. The normalized spacial score (nSPS) is 14.1. The number of aromatic nitrogens is 1. The van der Waals surface area contributed by atoms with Gasteiger partial charge in [-0.05, 0) is 42.7 Å². The lowest BCUT2D eigenvalue weighted by Gasteiger charge is -2.23. The Balaban J connectivity index is 1.62. The number of hydrogen-bond acceptors (Lipinski definition) is 5. The monoisotopic (exact) mass is 397 g/mol. The van der Waals surface area contributed by atoms with Gasteiger partial charge in [-0.25, -0.2) is 4.98 Å². The third-order valence-electron chi connectivity index (χ3n) is 5.17. The summed E-state index contributed by atoms with van der Waals surface area (Å²) >= 11 is 0. The van der Waals surface area contributed by atoms with E-state index in [1.807, 2.05) is 37.5 Å². The zero-order valence-corrected chi connectivity index (χ0v) is 17.8. The van der Waals surface area contributed by atoms with Crippen LogP contribution in [0.25, 0.3) is 0 Å². The molecule has 1 aromatic carbocycles. The first kappa shape index (κ1) is 20.8. The summed E-state index contributed by atoms with van der Waals surface area (Å²) < 4.78 is 10.8. The summed E-state index contributed by atoms with van der Waals surface area (Å²) in [5.74, 6) is 3.47. The molecule has 29 heavy (non-hydrogen) atoms. The average molecular weight is 398 g/mol. The van der Waals surface area contributed by atoms with Crippen molar-refractivity contribution in [1.29, 1.82) is 0 Å². The Hall–Kier alpha value is -2.96. The zero-order valence-electron chi connectivity index (χ0n) is 17.8. The van der Waals surface area contributed by atoms with Crippen molar-refractivity contribution in [3.63, 3.8) is 0 Å². The summed E-state index contributed by atoms with van der Waals surface area (Å²) in [6, 6.07) is 10.1. The minimum absolute atomic E-state index is 0.669. The maximum atomic E-state index is 5.51. The predicted octanol–water partition coefficient (Wildman–Crippen LogP) is 2.91. The number of guanidine groups is 1. The van der Waals surface area contributed by atoms with Gasteiger partial charge in [-0.1, -0.05) is 0 Å². The SMILES string of the molecule is CN=C(NCc1ccnc(N2CCCC2)c1)N(C)Cc1ccc(OC)cc1OC. The molecule has 1 fully saturated rings. The van der Waals surface area contributed by atoms with Gasteiger partial charge in [0.05, 0.1) is 14.2 Å². The highest BCUT2D eigenvalue weighted by Gasteiger charge is 2.14. The molecule has 0 radical (unpaired) electrons. The summed E-state index contributed by atoms with van der Waals surface area (Å²) in [6.07, 6.45) is 4.38. The number of benzene rings is 1. The Morgan fingerprint density at radius 3 is 2.66 bits per heavy atom. The second kappa shape index (κ2) is 10.0. The van der Waals surface area contributed by atoms with Crippen LogP contribution in [0.4, 0.5) is 5.82 Å². The number of rotatable bonds is 7. The molecule has 0 spiro atoms. The van der Waals surface area contributed by atoms with Crippen LogP contribution in [0.15, 0.2) is 41.5 Å². The Morgan fingerprint density at radius 1 is 1.17 bits per heavy atom. The molecule has 1 aliphatic rings. The first-order valence-corrected chi connectivity index (χ1v) is 9.97. The Morgan fingerprint density at radius 2 is 1.97 bits per heavy atom. The van der Waals surface area contributed by atoms with Crippen LogP contribution < -0.4 is 19.7 Å². The molecule has 0 amide bonds. The number of pyridine rings is 1. The number of nitrogens with one attached hydrogen (secondary N) is 1. The van der Waals surface area contributed by atoms with E-state index in [9.17, 15) is 0 Å². The molecular formula is C22H31N5O2. The lowest BCUT2D eigenvalue weighted by Crippen LogP contribution is -2.38. The smallest absolute Gasteiger partial charge is 0.193 e. The van der Waals surface area contributed by atoms with Gasteiger partial charge in [0.2, 0.25) is 0 Å². The van der Waals surface area contributed by atoms with E-state index >= 15 is 0 Å². The fourth-order valence-electron chi connectivity index (χ4n) is 3.57. The summed E-state index contributed by atoms with van der Waals surface area (Å²) in [6.45, 7) is 3.55. The van der Waals surface area contributed by atoms with Gasteiger partial charge < -0.3 is 24.6 Å². The lowest BCUT2D eigenvalue weighted by molar-refractivity contribution is 0.382. The highest BCUT2D eigenvalue weighted by Crippen LogP contribution is 2.25. The van der Waals surface area contributed by atoms with E-state index in [4.69, 9.17) is 9.47 Å². The molecule has 0 unspecified atom stereocenters. The van der Waals surface area contributed by atoms with Crippen LogP contribution in [0.3, 0.4) is 0 Å². The van der Waals surface area contributed by atoms with Crippen molar-refractivity contribution in [2.24, 2.45) is 4.99 Å². The fourth-order valence-corrected chi connectivity index (χ4v) is 3.57. The maximum Gasteiger partial charge on any atom is 0.193 e. The van der Waals surface area contributed by atoms with Crippen molar-refractivity contribution in [2.75, 3.05) is 46.3 Å². The van der Waals surface area contributed by atoms with Crippen LogP contribution in [-0.2, 0) is 13.1 Å². The zero-order chi connectivity index (χ0) is 20.6. The van der Waals surface area contributed by atoms with Crippen molar-refractivity contribution in [3.05, 3.63) is 47.7 Å². The molecule has 0 atom stereocenters. The molecule has 0 saturated carbocycles. The van der Waals surface area contributed by atoms with E-state index < -0.39 is 0 Å². The van der Waals surface area contributed by atoms with Crippen LogP contribution in [-0.4, -0.2) is 57.2 Å². The Labute approximate surface area is 173 Å². The molecule has 1 saturated heterocycles. The largest absolute Gasteiger partial charge is 0.497 e. The highest BCUT2D eigenvalue weighted by molar-refractivity contribution is 5.79. The number of aliphatic imine (C=N–C) groups is 1. The predicted molar refractivity (Wildman–Crippen MR) is 117 cm³/mol. The second-order valence-corrected chi connectivity index (χ2v) is 7.15. The molecule has 1 N–H and O–H groups in total. The average Bonchev–Trinajstić information content (AvgIpc) is 3.29. The molecule has 2 heterocycles. The van der Waals surface area contributed by atoms with Gasteiger partial charge in [-0.3, -0.25) is 4.99 Å². The highest BCUT2D eigenvalue weighted by atomic mass is 16.5. The van der Waals surface area contributed by atoms with Gasteiger partial charge in [0.25, 0.3) is 0 Å². The summed E-state index contributed by atoms with van der Waals surface area (Å²) in [7, 11) is 7.14. The first-order valence-electron chi connectivity index (χ1n) is 9.97. The number of anilines is 1. The van der Waals surface area contributed by atoms with Crippen LogP contribution in [0, 0.1) is 0 Å². The molecule has 1 aromatic heterocycles. The summed E-state index contributed by atoms with van der Waals surface area (Å²) in [5.41, 5.74) is 2.26. The van der Waals surface area contributed by atoms with E-state index in [0.717, 1.165) is 41.9 Å². The van der Waals surface area contributed by atoms with Crippen molar-refractivity contribution < 1.29 is 9.47 Å². The summed E-state index contributed by atoms with van der Waals surface area (Å²) in [4.78, 5) is 13.4. The van der Waals surface area contributed by atoms with Gasteiger partial charge in [-0.2, -0.15) is 0 Å². The van der Waals surface area contributed by atoms with E-state index in [2.05, 4.69) is 31.2 Å². The van der Waals surface area contributed by atoms with Crippen LogP contribution in [0.2, 0.25) is 0 Å². The van der Waals surface area contributed by atoms with Crippen molar-refractivity contribution in [3.8, 4) is 11.5 Å². The summed E-state index contributed by atoms with van der Waals surface area (Å²) in [5, 5.41) is 3.45. The van der Waals surface area contributed by atoms with E-state index in [0.29, 0.717) is 13.1 Å².